The van der Waals surface area contributed by atoms with Gasteiger partial charge in [0.15, 0.2) is 0 Å². The van der Waals surface area contributed by atoms with E-state index in [1.165, 1.54) is 0 Å². The predicted octanol–water partition coefficient (Wildman–Crippen LogP) is 1.92. The fourth-order valence-electron chi connectivity index (χ4n) is 1.77. The maximum Gasteiger partial charge on any atom is 0.407 e. The number of hydrogen-bond donors (Lipinski definition) is 3. The number of carboxylic acid groups (broad SMARTS) is 1. The smallest absolute Gasteiger partial charge is 0.407 e. The van der Waals surface area contributed by atoms with Gasteiger partial charge in [0.1, 0.15) is 6.61 Å². The number of benzene rings is 1. The minimum absolute atomic E-state index is 0.226. The molecular weight excluding hydrogens is 274 g/mol. The van der Waals surface area contributed by atoms with Crippen LogP contribution in [0.2, 0.25) is 0 Å². The van der Waals surface area contributed by atoms with Gasteiger partial charge >= 0.3 is 12.1 Å². The van der Waals surface area contributed by atoms with Crippen molar-refractivity contribution >= 4 is 12.1 Å². The van der Waals surface area contributed by atoms with Gasteiger partial charge in [-0.15, -0.1) is 0 Å². The Balaban J connectivity index is 2.02. The molecule has 21 heavy (non-hydrogen) atoms. The Bertz CT molecular complexity index is 435. The molecule has 116 valence electrons. The maximum absolute atomic E-state index is 11.4. The molecule has 0 spiro atoms. The van der Waals surface area contributed by atoms with Crippen LogP contribution in [0.5, 0.6) is 0 Å². The van der Waals surface area contributed by atoms with Gasteiger partial charge in [-0.2, -0.15) is 0 Å². The normalized spacial score (nSPS) is 11.7. The van der Waals surface area contributed by atoms with Gasteiger partial charge in [0.25, 0.3) is 0 Å². The van der Waals surface area contributed by atoms with Gasteiger partial charge in [-0.25, -0.2) is 4.79 Å². The molecule has 1 amide bonds. The molecule has 0 fully saturated rings. The van der Waals surface area contributed by atoms with Crippen LogP contribution in [0.15, 0.2) is 30.3 Å². The zero-order valence-electron chi connectivity index (χ0n) is 11.8. The van der Waals surface area contributed by atoms with Crippen molar-refractivity contribution in [1.82, 2.24) is 5.32 Å². The molecule has 1 atom stereocenters. The second kappa shape index (κ2) is 9.77. The molecule has 3 N–H and O–H groups in total. The number of carboxylic acids is 1. The number of aliphatic hydroxyl groups is 1. The van der Waals surface area contributed by atoms with E-state index in [-0.39, 0.29) is 13.0 Å². The number of ether oxygens (including phenoxy) is 1. The first-order chi connectivity index (χ1) is 10.1. The van der Waals surface area contributed by atoms with Gasteiger partial charge in [0.05, 0.1) is 12.5 Å². The Kier molecular flexibility index (Phi) is 7.89. The number of rotatable bonds is 9. The average Bonchev–Trinajstić information content (AvgIpc) is 2.45. The van der Waals surface area contributed by atoms with E-state index in [0.29, 0.717) is 25.8 Å². The van der Waals surface area contributed by atoms with Crippen LogP contribution in [0.25, 0.3) is 0 Å². The number of alkyl carbamates (subject to hydrolysis) is 1. The summed E-state index contributed by atoms with van der Waals surface area (Å²) in [7, 11) is 0. The maximum atomic E-state index is 11.4. The van der Waals surface area contributed by atoms with Gasteiger partial charge in [-0.3, -0.25) is 4.79 Å². The first-order valence-electron chi connectivity index (χ1n) is 6.92. The molecule has 1 aromatic rings. The molecule has 1 aromatic carbocycles. The van der Waals surface area contributed by atoms with E-state index in [2.05, 4.69) is 5.32 Å². The van der Waals surface area contributed by atoms with E-state index < -0.39 is 18.2 Å². The van der Waals surface area contributed by atoms with E-state index in [1.807, 2.05) is 30.3 Å². The summed E-state index contributed by atoms with van der Waals surface area (Å²) < 4.78 is 5.03. The topological polar surface area (TPSA) is 95.9 Å². The highest BCUT2D eigenvalue weighted by Crippen LogP contribution is 2.04. The number of hydrogen-bond acceptors (Lipinski definition) is 4. The van der Waals surface area contributed by atoms with E-state index in [9.17, 15) is 14.7 Å². The molecule has 0 aliphatic carbocycles. The van der Waals surface area contributed by atoms with Crippen LogP contribution in [0, 0.1) is 0 Å². The molecule has 0 heterocycles. The zero-order valence-corrected chi connectivity index (χ0v) is 11.8. The van der Waals surface area contributed by atoms with Gasteiger partial charge in [0, 0.05) is 6.54 Å². The van der Waals surface area contributed by atoms with Gasteiger partial charge in [0.2, 0.25) is 0 Å². The molecule has 0 aliphatic heterocycles. The van der Waals surface area contributed by atoms with Crippen LogP contribution >= 0.6 is 0 Å². The highest BCUT2D eigenvalue weighted by atomic mass is 16.5. The Morgan fingerprint density at radius 1 is 1.19 bits per heavy atom. The number of aliphatic carboxylic acids is 1. The van der Waals surface area contributed by atoms with Crippen LogP contribution in [-0.4, -0.2) is 34.9 Å². The van der Waals surface area contributed by atoms with Crippen LogP contribution in [-0.2, 0) is 16.1 Å². The number of carbonyl (C=O) groups is 2. The van der Waals surface area contributed by atoms with Crippen molar-refractivity contribution in [3.05, 3.63) is 35.9 Å². The Labute approximate surface area is 123 Å². The van der Waals surface area contributed by atoms with E-state index in [0.717, 1.165) is 5.56 Å². The monoisotopic (exact) mass is 295 g/mol. The summed E-state index contributed by atoms with van der Waals surface area (Å²) in [4.78, 5) is 21.7. The van der Waals surface area contributed by atoms with Crippen molar-refractivity contribution in [2.75, 3.05) is 6.54 Å². The summed E-state index contributed by atoms with van der Waals surface area (Å²) in [5.41, 5.74) is 0.921. The molecular formula is C15H21NO5. The summed E-state index contributed by atoms with van der Waals surface area (Å²) in [6.45, 7) is 0.664. The first kappa shape index (κ1) is 17.0. The summed E-state index contributed by atoms with van der Waals surface area (Å²) in [6.07, 6.45) is 0.168. The van der Waals surface area contributed by atoms with Gasteiger partial charge < -0.3 is 20.3 Å². The van der Waals surface area contributed by atoms with E-state index >= 15 is 0 Å². The summed E-state index contributed by atoms with van der Waals surface area (Å²) in [6, 6.07) is 9.38. The second-order valence-corrected chi connectivity index (χ2v) is 4.74. The van der Waals surface area contributed by atoms with Crippen molar-refractivity contribution in [2.24, 2.45) is 0 Å². The summed E-state index contributed by atoms with van der Waals surface area (Å²) in [5, 5.41) is 20.4. The fourth-order valence-corrected chi connectivity index (χ4v) is 1.77. The number of unbranched alkanes of at least 4 members (excludes halogenated alkanes) is 1. The third-order valence-corrected chi connectivity index (χ3v) is 2.86. The highest BCUT2D eigenvalue weighted by Gasteiger charge is 2.08. The largest absolute Gasteiger partial charge is 0.481 e. The zero-order chi connectivity index (χ0) is 15.5. The molecule has 6 heteroatoms. The number of amides is 1. The van der Waals surface area contributed by atoms with Crippen LogP contribution < -0.4 is 5.32 Å². The van der Waals surface area contributed by atoms with Crippen molar-refractivity contribution < 1.29 is 24.5 Å². The molecule has 0 unspecified atom stereocenters. The van der Waals surface area contributed by atoms with Crippen molar-refractivity contribution in [1.29, 1.82) is 0 Å². The summed E-state index contributed by atoms with van der Waals surface area (Å²) >= 11 is 0. The Morgan fingerprint density at radius 2 is 1.90 bits per heavy atom. The van der Waals surface area contributed by atoms with Gasteiger partial charge in [-0.1, -0.05) is 30.3 Å². The van der Waals surface area contributed by atoms with E-state index in [1.54, 1.807) is 0 Å². The molecule has 0 saturated heterocycles. The SMILES string of the molecule is O=C(O)C[C@H](O)CCCCNC(=O)OCc1ccccc1. The minimum atomic E-state index is -1.01. The molecule has 0 saturated carbocycles. The van der Waals surface area contributed by atoms with Crippen LogP contribution in [0.4, 0.5) is 4.79 Å². The lowest BCUT2D eigenvalue weighted by molar-refractivity contribution is -0.139. The number of aliphatic hydroxyl groups excluding tert-OH is 1. The van der Waals surface area contributed by atoms with Crippen molar-refractivity contribution in [2.45, 2.75) is 38.4 Å². The third kappa shape index (κ3) is 8.65. The lowest BCUT2D eigenvalue weighted by Gasteiger charge is -2.09. The second-order valence-electron chi connectivity index (χ2n) is 4.74. The number of nitrogens with one attached hydrogen (secondary N) is 1. The van der Waals surface area contributed by atoms with Gasteiger partial charge in [-0.05, 0) is 24.8 Å². The molecule has 1 rings (SSSR count). The summed E-state index contributed by atoms with van der Waals surface area (Å²) in [5.74, 6) is -1.01. The molecule has 6 nitrogen and oxygen atoms in total. The third-order valence-electron chi connectivity index (χ3n) is 2.86. The predicted molar refractivity (Wildman–Crippen MR) is 76.7 cm³/mol. The lowest BCUT2D eigenvalue weighted by Crippen LogP contribution is -2.25. The first-order valence-corrected chi connectivity index (χ1v) is 6.92. The molecule has 0 bridgehead atoms. The number of carbonyl (C=O) groups excluding carboxylic acids is 1. The minimum Gasteiger partial charge on any atom is -0.481 e. The van der Waals surface area contributed by atoms with Crippen LogP contribution in [0.1, 0.15) is 31.2 Å². The molecule has 0 aromatic heterocycles. The quantitative estimate of drug-likeness (QED) is 0.605. The average molecular weight is 295 g/mol. The molecule has 0 radical (unpaired) electrons. The lowest BCUT2D eigenvalue weighted by atomic mass is 10.1. The fraction of sp³-hybridized carbons (Fsp3) is 0.467. The van der Waals surface area contributed by atoms with Crippen molar-refractivity contribution in [3.63, 3.8) is 0 Å². The van der Waals surface area contributed by atoms with Crippen molar-refractivity contribution in [3.8, 4) is 0 Å². The standard InChI is InChI=1S/C15H21NO5/c17-13(10-14(18)19)8-4-5-9-16-15(20)21-11-12-6-2-1-3-7-12/h1-3,6-7,13,17H,4-5,8-11H2,(H,16,20)(H,18,19)/t13-/m1/s1. The Hall–Kier alpha value is -2.08. The van der Waals surface area contributed by atoms with E-state index in [4.69, 9.17) is 9.84 Å². The highest BCUT2D eigenvalue weighted by molar-refractivity contribution is 5.67. The van der Waals surface area contributed by atoms with Crippen LogP contribution in [0.3, 0.4) is 0 Å². The molecule has 0 aliphatic rings. The Morgan fingerprint density at radius 3 is 2.57 bits per heavy atom.